The van der Waals surface area contributed by atoms with Gasteiger partial charge in [-0.25, -0.2) is 0 Å². The first-order valence-electron chi connectivity index (χ1n) is 10.2. The van der Waals surface area contributed by atoms with Crippen LogP contribution in [0.1, 0.15) is 65.7 Å². The van der Waals surface area contributed by atoms with Gasteiger partial charge in [-0.15, -0.1) is 0 Å². The molecule has 0 heterocycles. The van der Waals surface area contributed by atoms with Crippen LogP contribution in [0.2, 0.25) is 0 Å². The van der Waals surface area contributed by atoms with Crippen LogP contribution in [-0.2, 0) is 4.74 Å². The van der Waals surface area contributed by atoms with Gasteiger partial charge in [-0.2, -0.15) is 0 Å². The molecule has 24 heavy (non-hydrogen) atoms. The summed E-state index contributed by atoms with van der Waals surface area (Å²) in [6, 6.07) is 0. The van der Waals surface area contributed by atoms with Gasteiger partial charge in [0.2, 0.25) is 0 Å². The molecule has 4 saturated carbocycles. The summed E-state index contributed by atoms with van der Waals surface area (Å²) in [6.45, 7) is 7.25. The number of hydrogen-bond donors (Lipinski definition) is 2. The molecule has 0 saturated heterocycles. The first kappa shape index (κ1) is 17.3. The highest BCUT2D eigenvalue weighted by molar-refractivity contribution is 5.12. The zero-order valence-electron chi connectivity index (χ0n) is 15.9. The number of methoxy groups -OCH3 is 1. The molecule has 4 aliphatic rings. The Balaban J connectivity index is 1.67. The summed E-state index contributed by atoms with van der Waals surface area (Å²) in [5, 5.41) is 21.7. The molecule has 138 valence electrons. The molecule has 2 N–H and O–H groups in total. The summed E-state index contributed by atoms with van der Waals surface area (Å²) in [5.41, 5.74) is 0.452. The quantitative estimate of drug-likeness (QED) is 0.769. The van der Waals surface area contributed by atoms with Crippen molar-refractivity contribution in [1.82, 2.24) is 0 Å². The molecule has 10 atom stereocenters. The fourth-order valence-electron chi connectivity index (χ4n) is 7.87. The molecule has 0 aromatic heterocycles. The molecular weight excluding hydrogens is 300 g/mol. The normalized spacial score (nSPS) is 60.2. The Hall–Kier alpha value is -0.120. The summed E-state index contributed by atoms with van der Waals surface area (Å²) in [4.78, 5) is 0. The molecule has 4 aliphatic carbocycles. The van der Waals surface area contributed by atoms with Gasteiger partial charge in [-0.1, -0.05) is 20.8 Å². The largest absolute Gasteiger partial charge is 0.393 e. The van der Waals surface area contributed by atoms with E-state index in [1.807, 2.05) is 0 Å². The van der Waals surface area contributed by atoms with E-state index in [0.717, 1.165) is 31.1 Å². The van der Waals surface area contributed by atoms with Gasteiger partial charge in [0.15, 0.2) is 0 Å². The minimum Gasteiger partial charge on any atom is -0.393 e. The Morgan fingerprint density at radius 2 is 1.67 bits per heavy atom. The maximum atomic E-state index is 11.3. The molecule has 3 heteroatoms. The van der Waals surface area contributed by atoms with Crippen molar-refractivity contribution in [3.8, 4) is 0 Å². The summed E-state index contributed by atoms with van der Waals surface area (Å²) in [6.07, 6.45) is 7.31. The van der Waals surface area contributed by atoms with Crippen LogP contribution in [0.4, 0.5) is 0 Å². The fraction of sp³-hybridized carbons (Fsp3) is 1.00. The summed E-state index contributed by atoms with van der Waals surface area (Å²) < 4.78 is 5.62. The van der Waals surface area contributed by atoms with Gasteiger partial charge < -0.3 is 14.9 Å². The lowest BCUT2D eigenvalue weighted by molar-refractivity contribution is -0.199. The van der Waals surface area contributed by atoms with Gasteiger partial charge in [0.1, 0.15) is 0 Å². The maximum Gasteiger partial charge on any atom is 0.0835 e. The Morgan fingerprint density at radius 3 is 2.38 bits per heavy atom. The molecule has 0 aromatic rings. The number of hydrogen-bond acceptors (Lipinski definition) is 3. The van der Waals surface area contributed by atoms with E-state index < -0.39 is 0 Å². The van der Waals surface area contributed by atoms with Crippen molar-refractivity contribution < 1.29 is 14.9 Å². The Bertz CT molecular complexity index is 493. The van der Waals surface area contributed by atoms with Crippen LogP contribution < -0.4 is 0 Å². The highest BCUT2D eigenvalue weighted by Gasteiger charge is 2.63. The zero-order chi connectivity index (χ0) is 17.3. The second kappa shape index (κ2) is 5.69. The minimum atomic E-state index is -0.331. The molecule has 4 fully saturated rings. The monoisotopic (exact) mass is 336 g/mol. The molecule has 0 unspecified atom stereocenters. The van der Waals surface area contributed by atoms with Crippen molar-refractivity contribution in [1.29, 1.82) is 0 Å². The van der Waals surface area contributed by atoms with Crippen molar-refractivity contribution in [2.75, 3.05) is 7.11 Å². The van der Waals surface area contributed by atoms with Crippen LogP contribution in [0.5, 0.6) is 0 Å². The Labute approximate surface area is 147 Å². The lowest BCUT2D eigenvalue weighted by atomic mass is 9.43. The van der Waals surface area contributed by atoms with Crippen LogP contribution in [-0.4, -0.2) is 35.6 Å². The van der Waals surface area contributed by atoms with Crippen LogP contribution in [0.3, 0.4) is 0 Å². The molecule has 3 nitrogen and oxygen atoms in total. The molecule has 4 rings (SSSR count). The SMILES string of the molecule is CO[C@H]1C[C@@]2(C)[C@@H](CC[C@@H]3[C@@H]2[C@@H](O)C[C@]2(C)[C@H](C)CC[C@@H]32)C[C@@H]1O. The highest BCUT2D eigenvalue weighted by Crippen LogP contribution is 2.67. The van der Waals surface area contributed by atoms with Gasteiger partial charge in [-0.3, -0.25) is 0 Å². The average Bonchev–Trinajstić information content (AvgIpc) is 2.82. The van der Waals surface area contributed by atoms with E-state index in [1.54, 1.807) is 7.11 Å². The van der Waals surface area contributed by atoms with Gasteiger partial charge in [0, 0.05) is 7.11 Å². The van der Waals surface area contributed by atoms with E-state index in [-0.39, 0.29) is 23.7 Å². The Morgan fingerprint density at radius 1 is 0.917 bits per heavy atom. The van der Waals surface area contributed by atoms with Crippen molar-refractivity contribution in [2.24, 2.45) is 40.4 Å². The third-order valence-electron chi connectivity index (χ3n) is 9.37. The van der Waals surface area contributed by atoms with Gasteiger partial charge >= 0.3 is 0 Å². The van der Waals surface area contributed by atoms with Crippen molar-refractivity contribution in [3.05, 3.63) is 0 Å². The number of ether oxygens (including phenoxy) is 1. The van der Waals surface area contributed by atoms with E-state index in [0.29, 0.717) is 23.2 Å². The third-order valence-corrected chi connectivity index (χ3v) is 9.37. The minimum absolute atomic E-state index is 0.0620. The standard InChI is InChI=1S/C21H36O3/c1-12-5-8-15-14-7-6-13-9-16(22)18(24-4)11-21(13,3)19(14)17(23)10-20(12,15)2/h12-19,22-23H,5-11H2,1-4H3/t12-,13+,14+,15+,16+,17+,18+,19-,20-,21+/m1/s1. The smallest absolute Gasteiger partial charge is 0.0835 e. The first-order valence-corrected chi connectivity index (χ1v) is 10.2. The van der Waals surface area contributed by atoms with Crippen LogP contribution >= 0.6 is 0 Å². The maximum absolute atomic E-state index is 11.3. The summed E-state index contributed by atoms with van der Waals surface area (Å²) in [5.74, 6) is 3.12. The van der Waals surface area contributed by atoms with Crippen LogP contribution in [0.25, 0.3) is 0 Å². The molecule has 0 spiro atoms. The highest BCUT2D eigenvalue weighted by atomic mass is 16.5. The van der Waals surface area contributed by atoms with E-state index in [9.17, 15) is 10.2 Å². The molecule has 0 bridgehead atoms. The second-order valence-electron chi connectivity index (χ2n) is 10.1. The predicted molar refractivity (Wildman–Crippen MR) is 94.5 cm³/mol. The Kier molecular flexibility index (Phi) is 4.10. The van der Waals surface area contributed by atoms with Gasteiger partial charge in [0.05, 0.1) is 18.3 Å². The molecule has 0 aliphatic heterocycles. The van der Waals surface area contributed by atoms with Crippen molar-refractivity contribution in [2.45, 2.75) is 84.0 Å². The van der Waals surface area contributed by atoms with E-state index in [4.69, 9.17) is 4.74 Å². The van der Waals surface area contributed by atoms with Crippen LogP contribution in [0, 0.1) is 40.4 Å². The number of aliphatic hydroxyl groups is 2. The number of fused-ring (bicyclic) bond motifs is 5. The molecular formula is C21H36O3. The summed E-state index contributed by atoms with van der Waals surface area (Å²) >= 11 is 0. The molecule has 0 aromatic carbocycles. The summed E-state index contributed by atoms with van der Waals surface area (Å²) in [7, 11) is 1.73. The number of rotatable bonds is 1. The van der Waals surface area contributed by atoms with Gasteiger partial charge in [0.25, 0.3) is 0 Å². The molecule has 0 amide bonds. The van der Waals surface area contributed by atoms with E-state index >= 15 is 0 Å². The van der Waals surface area contributed by atoms with Crippen molar-refractivity contribution in [3.63, 3.8) is 0 Å². The second-order valence-corrected chi connectivity index (χ2v) is 10.1. The molecule has 0 radical (unpaired) electrons. The lowest BCUT2D eigenvalue weighted by Gasteiger charge is -2.63. The topological polar surface area (TPSA) is 49.7 Å². The third kappa shape index (κ3) is 2.20. The van der Waals surface area contributed by atoms with E-state index in [1.165, 1.54) is 25.7 Å². The van der Waals surface area contributed by atoms with Gasteiger partial charge in [-0.05, 0) is 85.4 Å². The van der Waals surface area contributed by atoms with E-state index in [2.05, 4.69) is 20.8 Å². The lowest BCUT2D eigenvalue weighted by Crippen LogP contribution is -2.61. The average molecular weight is 337 g/mol. The van der Waals surface area contributed by atoms with Crippen LogP contribution in [0.15, 0.2) is 0 Å². The fourth-order valence-corrected chi connectivity index (χ4v) is 7.87. The predicted octanol–water partition coefficient (Wildman–Crippen LogP) is 3.62. The first-order chi connectivity index (χ1) is 11.3. The zero-order valence-corrected chi connectivity index (χ0v) is 15.9. The van der Waals surface area contributed by atoms with Crippen molar-refractivity contribution >= 4 is 0 Å². The number of aliphatic hydroxyl groups excluding tert-OH is 2.